The quantitative estimate of drug-likeness (QED) is 0.241. The maximum atomic E-state index is 10.6. The van der Waals surface area contributed by atoms with Crippen molar-refractivity contribution in [2.45, 2.75) is 12.8 Å². The molecule has 0 heterocycles. The van der Waals surface area contributed by atoms with Gasteiger partial charge in [0.05, 0.1) is 54.5 Å². The molecule has 0 rings (SSSR count). The molecule has 25 heavy (non-hydrogen) atoms. The molecular formula is C16H38N6O3+2. The van der Waals surface area contributed by atoms with E-state index in [1.807, 2.05) is 0 Å². The summed E-state index contributed by atoms with van der Waals surface area (Å²) >= 11 is 0. The van der Waals surface area contributed by atoms with Crippen LogP contribution in [0.2, 0.25) is 0 Å². The summed E-state index contributed by atoms with van der Waals surface area (Å²) in [4.78, 5) is 21.2. The van der Waals surface area contributed by atoms with E-state index in [1.54, 1.807) is 0 Å². The number of carbonyl (C=O) groups excluding carboxylic acids is 2. The SMILES string of the molecule is C[N+](C)(CCCNC(N)=O)CCOCC[N+](C)(C)CCCNC(N)=O. The first-order chi connectivity index (χ1) is 11.5. The van der Waals surface area contributed by atoms with Gasteiger partial charge in [0.15, 0.2) is 0 Å². The van der Waals surface area contributed by atoms with Gasteiger partial charge in [-0.3, -0.25) is 0 Å². The van der Waals surface area contributed by atoms with Crippen molar-refractivity contribution < 1.29 is 23.3 Å². The number of likely N-dealkylation sites (N-methyl/N-ethyl adjacent to an activating group) is 2. The molecule has 0 saturated carbocycles. The van der Waals surface area contributed by atoms with Crippen molar-refractivity contribution >= 4 is 12.1 Å². The summed E-state index contributed by atoms with van der Waals surface area (Å²) in [6.45, 7) is 6.39. The van der Waals surface area contributed by atoms with Crippen LogP contribution in [-0.2, 0) is 4.74 Å². The summed E-state index contributed by atoms with van der Waals surface area (Å²) in [7, 11) is 8.61. The number of hydrogen-bond donors (Lipinski definition) is 4. The number of nitrogens with zero attached hydrogens (tertiary/aromatic N) is 2. The summed E-state index contributed by atoms with van der Waals surface area (Å²) in [5.41, 5.74) is 10.1. The highest BCUT2D eigenvalue weighted by atomic mass is 16.5. The van der Waals surface area contributed by atoms with Gasteiger partial charge in [0.25, 0.3) is 0 Å². The number of primary amides is 2. The minimum absolute atomic E-state index is 0.472. The monoisotopic (exact) mass is 362 g/mol. The molecule has 0 fully saturated rings. The third-order valence-corrected chi connectivity index (χ3v) is 4.16. The Kier molecular flexibility index (Phi) is 11.1. The third-order valence-electron chi connectivity index (χ3n) is 4.16. The van der Waals surface area contributed by atoms with Gasteiger partial charge in [-0.15, -0.1) is 0 Å². The van der Waals surface area contributed by atoms with Crippen LogP contribution < -0.4 is 22.1 Å². The molecule has 6 N–H and O–H groups in total. The number of hydrogen-bond acceptors (Lipinski definition) is 3. The predicted molar refractivity (Wildman–Crippen MR) is 98.9 cm³/mol. The topological polar surface area (TPSA) is 119 Å². The van der Waals surface area contributed by atoms with E-state index in [2.05, 4.69) is 38.8 Å². The Labute approximate surface area is 151 Å². The first-order valence-electron chi connectivity index (χ1n) is 8.82. The Bertz CT molecular complexity index is 365. The lowest BCUT2D eigenvalue weighted by atomic mass is 10.3. The molecule has 0 aliphatic carbocycles. The number of quaternary nitrogens is 2. The molecule has 0 aromatic carbocycles. The molecule has 0 radical (unpaired) electrons. The van der Waals surface area contributed by atoms with E-state index in [4.69, 9.17) is 16.2 Å². The van der Waals surface area contributed by atoms with Gasteiger partial charge in [-0.2, -0.15) is 0 Å². The van der Waals surface area contributed by atoms with Gasteiger partial charge < -0.3 is 35.8 Å². The molecule has 0 aliphatic rings. The highest BCUT2D eigenvalue weighted by Gasteiger charge is 2.16. The molecule has 0 bridgehead atoms. The van der Waals surface area contributed by atoms with Crippen LogP contribution in [0.4, 0.5) is 9.59 Å². The maximum Gasteiger partial charge on any atom is 0.312 e. The van der Waals surface area contributed by atoms with E-state index in [0.717, 1.165) is 48.0 Å². The van der Waals surface area contributed by atoms with Crippen LogP contribution in [0.25, 0.3) is 0 Å². The largest absolute Gasteiger partial charge is 0.370 e. The number of nitrogens with two attached hydrogens (primary N) is 2. The van der Waals surface area contributed by atoms with Gasteiger partial charge in [0.1, 0.15) is 13.1 Å². The standard InChI is InChI=1S/C16H36N6O3/c1-21(2,9-5-7-19-15(17)23)11-13-25-14-12-22(3,4)10-6-8-20-16(18)24/h5-14H2,1-4H3,(H4-2,17,18,19,20,23,24)/p+2. The van der Waals surface area contributed by atoms with Gasteiger partial charge in [0, 0.05) is 25.9 Å². The zero-order valence-electron chi connectivity index (χ0n) is 16.3. The van der Waals surface area contributed by atoms with Gasteiger partial charge in [-0.25, -0.2) is 9.59 Å². The zero-order chi connectivity index (χ0) is 19.3. The van der Waals surface area contributed by atoms with Gasteiger partial charge in [0.2, 0.25) is 0 Å². The maximum absolute atomic E-state index is 10.6. The van der Waals surface area contributed by atoms with Crippen molar-refractivity contribution in [1.82, 2.24) is 10.6 Å². The van der Waals surface area contributed by atoms with Crippen LogP contribution in [-0.4, -0.2) is 102 Å². The van der Waals surface area contributed by atoms with Gasteiger partial charge in [-0.1, -0.05) is 0 Å². The fourth-order valence-electron chi connectivity index (χ4n) is 2.39. The number of urea groups is 2. The predicted octanol–water partition coefficient (Wildman–Crippen LogP) is -0.727. The highest BCUT2D eigenvalue weighted by Crippen LogP contribution is 2.01. The van der Waals surface area contributed by atoms with E-state index >= 15 is 0 Å². The number of carbonyl (C=O) groups is 2. The normalized spacial score (nSPS) is 12.0. The van der Waals surface area contributed by atoms with E-state index in [0.29, 0.717) is 26.3 Å². The second-order valence-corrected chi connectivity index (χ2v) is 7.67. The molecule has 0 spiro atoms. The zero-order valence-corrected chi connectivity index (χ0v) is 16.3. The summed E-state index contributed by atoms with van der Waals surface area (Å²) < 4.78 is 7.47. The lowest BCUT2D eigenvalue weighted by molar-refractivity contribution is -0.894. The molecule has 0 saturated heterocycles. The molecule has 0 unspecified atom stereocenters. The second kappa shape index (κ2) is 11.9. The average molecular weight is 363 g/mol. The van der Waals surface area contributed by atoms with Crippen LogP contribution in [0.5, 0.6) is 0 Å². The van der Waals surface area contributed by atoms with Crippen LogP contribution in [0.15, 0.2) is 0 Å². The first kappa shape index (κ1) is 23.4. The van der Waals surface area contributed by atoms with Crippen molar-refractivity contribution in [3.05, 3.63) is 0 Å². The van der Waals surface area contributed by atoms with Gasteiger partial charge in [-0.05, 0) is 0 Å². The van der Waals surface area contributed by atoms with E-state index in [-0.39, 0.29) is 0 Å². The molecule has 9 heteroatoms. The van der Waals surface area contributed by atoms with Crippen LogP contribution in [0.1, 0.15) is 12.8 Å². The Hall–Kier alpha value is -1.58. The number of rotatable bonds is 14. The lowest BCUT2D eigenvalue weighted by Gasteiger charge is -2.31. The van der Waals surface area contributed by atoms with E-state index in [9.17, 15) is 9.59 Å². The number of ether oxygens (including phenoxy) is 1. The fraction of sp³-hybridized carbons (Fsp3) is 0.875. The molecular weight excluding hydrogens is 324 g/mol. The average Bonchev–Trinajstić information content (AvgIpc) is 2.47. The van der Waals surface area contributed by atoms with Crippen LogP contribution in [0.3, 0.4) is 0 Å². The number of nitrogens with one attached hydrogen (secondary N) is 2. The lowest BCUT2D eigenvalue weighted by Crippen LogP contribution is -2.46. The summed E-state index contributed by atoms with van der Waals surface area (Å²) in [6.07, 6.45) is 1.78. The van der Waals surface area contributed by atoms with E-state index in [1.165, 1.54) is 0 Å². The van der Waals surface area contributed by atoms with Gasteiger partial charge >= 0.3 is 12.1 Å². The van der Waals surface area contributed by atoms with E-state index < -0.39 is 12.1 Å². The minimum Gasteiger partial charge on any atom is -0.370 e. The van der Waals surface area contributed by atoms with Crippen LogP contribution in [0, 0.1) is 0 Å². The Balaban J connectivity index is 3.73. The smallest absolute Gasteiger partial charge is 0.312 e. The fourth-order valence-corrected chi connectivity index (χ4v) is 2.39. The van der Waals surface area contributed by atoms with Crippen molar-refractivity contribution in [1.29, 1.82) is 0 Å². The summed E-state index contributed by atoms with van der Waals surface area (Å²) in [5, 5.41) is 5.21. The highest BCUT2D eigenvalue weighted by molar-refractivity contribution is 5.71. The molecule has 0 aliphatic heterocycles. The van der Waals surface area contributed by atoms with Crippen molar-refractivity contribution in [2.75, 3.05) is 80.7 Å². The molecule has 148 valence electrons. The first-order valence-corrected chi connectivity index (χ1v) is 8.82. The Morgan fingerprint density at radius 2 is 1.12 bits per heavy atom. The molecule has 9 nitrogen and oxygen atoms in total. The van der Waals surface area contributed by atoms with Crippen molar-refractivity contribution in [3.63, 3.8) is 0 Å². The Morgan fingerprint density at radius 1 is 0.760 bits per heavy atom. The molecule has 0 aromatic heterocycles. The molecule has 0 aromatic rings. The second-order valence-electron chi connectivity index (χ2n) is 7.67. The molecule has 0 atom stereocenters. The Morgan fingerprint density at radius 3 is 1.44 bits per heavy atom. The van der Waals surface area contributed by atoms with Crippen molar-refractivity contribution in [2.24, 2.45) is 11.5 Å². The van der Waals surface area contributed by atoms with Crippen LogP contribution >= 0.6 is 0 Å². The summed E-state index contributed by atoms with van der Waals surface area (Å²) in [6, 6.07) is -0.945. The summed E-state index contributed by atoms with van der Waals surface area (Å²) in [5.74, 6) is 0. The number of amides is 4. The molecule has 4 amide bonds. The van der Waals surface area contributed by atoms with Crippen molar-refractivity contribution in [3.8, 4) is 0 Å². The third kappa shape index (κ3) is 15.7. The minimum atomic E-state index is -0.472.